The van der Waals surface area contributed by atoms with Crippen molar-refractivity contribution in [3.8, 4) is 0 Å². The fourth-order valence-electron chi connectivity index (χ4n) is 2.63. The first kappa shape index (κ1) is 11.7. The molecule has 1 heteroatoms. The lowest BCUT2D eigenvalue weighted by atomic mass is 9.78. The van der Waals surface area contributed by atoms with E-state index in [9.17, 15) is 0 Å². The van der Waals surface area contributed by atoms with E-state index in [2.05, 4.69) is 42.7 Å². The quantitative estimate of drug-likeness (QED) is 0.770. The Morgan fingerprint density at radius 3 is 2.56 bits per heavy atom. The van der Waals surface area contributed by atoms with Crippen LogP contribution < -0.4 is 5.32 Å². The fourth-order valence-corrected chi connectivity index (χ4v) is 2.63. The molecular formula is C15H23N. The SMILES string of the molecule is CNC(CCCc1ccccc1)C1CCC1. The molecule has 1 aliphatic rings. The van der Waals surface area contributed by atoms with E-state index in [4.69, 9.17) is 0 Å². The summed E-state index contributed by atoms with van der Waals surface area (Å²) < 4.78 is 0. The molecule has 88 valence electrons. The third-order valence-corrected chi connectivity index (χ3v) is 3.91. The second-order valence-electron chi connectivity index (χ2n) is 4.96. The van der Waals surface area contributed by atoms with E-state index in [-0.39, 0.29) is 0 Å². The van der Waals surface area contributed by atoms with Gasteiger partial charge in [0.2, 0.25) is 0 Å². The molecular weight excluding hydrogens is 194 g/mol. The Labute approximate surface area is 99.3 Å². The van der Waals surface area contributed by atoms with Crippen LogP contribution in [-0.2, 0) is 6.42 Å². The average molecular weight is 217 g/mol. The summed E-state index contributed by atoms with van der Waals surface area (Å²) in [6, 6.07) is 11.6. The van der Waals surface area contributed by atoms with Crippen molar-refractivity contribution in [2.45, 2.75) is 44.6 Å². The fraction of sp³-hybridized carbons (Fsp3) is 0.600. The minimum absolute atomic E-state index is 0.762. The molecule has 0 saturated heterocycles. The summed E-state index contributed by atoms with van der Waals surface area (Å²) in [6.45, 7) is 0. The van der Waals surface area contributed by atoms with Crippen LogP contribution in [0.1, 0.15) is 37.7 Å². The first-order chi connectivity index (χ1) is 7.90. The molecule has 1 nitrogen and oxygen atoms in total. The van der Waals surface area contributed by atoms with Crippen LogP contribution >= 0.6 is 0 Å². The highest BCUT2D eigenvalue weighted by Gasteiger charge is 2.25. The molecule has 1 atom stereocenters. The van der Waals surface area contributed by atoms with Gasteiger partial charge in [0, 0.05) is 6.04 Å². The predicted octanol–water partition coefficient (Wildman–Crippen LogP) is 3.40. The third-order valence-electron chi connectivity index (χ3n) is 3.91. The van der Waals surface area contributed by atoms with Crippen molar-refractivity contribution in [3.05, 3.63) is 35.9 Å². The highest BCUT2D eigenvalue weighted by Crippen LogP contribution is 2.31. The maximum absolute atomic E-state index is 3.49. The Bertz CT molecular complexity index is 290. The Morgan fingerprint density at radius 2 is 2.00 bits per heavy atom. The van der Waals surface area contributed by atoms with Crippen molar-refractivity contribution in [2.75, 3.05) is 7.05 Å². The van der Waals surface area contributed by atoms with Crippen molar-refractivity contribution in [2.24, 2.45) is 5.92 Å². The molecule has 2 rings (SSSR count). The summed E-state index contributed by atoms with van der Waals surface area (Å²) in [5.74, 6) is 0.959. The molecule has 16 heavy (non-hydrogen) atoms. The Hall–Kier alpha value is -0.820. The molecule has 0 radical (unpaired) electrons. The van der Waals surface area contributed by atoms with Gasteiger partial charge in [-0.25, -0.2) is 0 Å². The molecule has 1 saturated carbocycles. The molecule has 1 aliphatic carbocycles. The van der Waals surface area contributed by atoms with Gasteiger partial charge in [0.25, 0.3) is 0 Å². The highest BCUT2D eigenvalue weighted by molar-refractivity contribution is 5.14. The van der Waals surface area contributed by atoms with E-state index >= 15 is 0 Å². The van der Waals surface area contributed by atoms with Crippen LogP contribution in [0.2, 0.25) is 0 Å². The van der Waals surface area contributed by atoms with E-state index < -0.39 is 0 Å². The van der Waals surface area contributed by atoms with Crippen LogP contribution in [0.15, 0.2) is 30.3 Å². The zero-order chi connectivity index (χ0) is 11.2. The van der Waals surface area contributed by atoms with Gasteiger partial charge in [-0.1, -0.05) is 36.8 Å². The monoisotopic (exact) mass is 217 g/mol. The number of hydrogen-bond acceptors (Lipinski definition) is 1. The minimum atomic E-state index is 0.762. The van der Waals surface area contributed by atoms with E-state index in [1.54, 1.807) is 0 Å². The van der Waals surface area contributed by atoms with Crippen LogP contribution in [-0.4, -0.2) is 13.1 Å². The summed E-state index contributed by atoms with van der Waals surface area (Å²) in [5, 5.41) is 3.49. The van der Waals surface area contributed by atoms with E-state index in [1.807, 2.05) is 0 Å². The van der Waals surface area contributed by atoms with E-state index in [0.29, 0.717) is 0 Å². The zero-order valence-electron chi connectivity index (χ0n) is 10.3. The van der Waals surface area contributed by atoms with Crippen molar-refractivity contribution in [3.63, 3.8) is 0 Å². The van der Waals surface area contributed by atoms with Crippen LogP contribution in [0.25, 0.3) is 0 Å². The largest absolute Gasteiger partial charge is 0.317 e. The van der Waals surface area contributed by atoms with E-state index in [1.165, 1.54) is 44.1 Å². The van der Waals surface area contributed by atoms with Crippen LogP contribution in [0, 0.1) is 5.92 Å². The van der Waals surface area contributed by atoms with Gasteiger partial charge in [-0.3, -0.25) is 0 Å². The lowest BCUT2D eigenvalue weighted by Gasteiger charge is -2.33. The maximum Gasteiger partial charge on any atom is 0.00924 e. The van der Waals surface area contributed by atoms with Gasteiger partial charge in [0.05, 0.1) is 0 Å². The summed E-state index contributed by atoms with van der Waals surface area (Å²) in [4.78, 5) is 0. The molecule has 0 spiro atoms. The molecule has 1 aromatic carbocycles. The van der Waals surface area contributed by atoms with Crippen LogP contribution in [0.5, 0.6) is 0 Å². The number of rotatable bonds is 6. The number of benzene rings is 1. The summed E-state index contributed by atoms with van der Waals surface area (Å²) in [6.07, 6.45) is 8.20. The highest BCUT2D eigenvalue weighted by atomic mass is 14.9. The molecule has 1 N–H and O–H groups in total. The Kier molecular flexibility index (Phi) is 4.41. The summed E-state index contributed by atoms with van der Waals surface area (Å²) in [7, 11) is 2.12. The number of nitrogens with one attached hydrogen (secondary N) is 1. The summed E-state index contributed by atoms with van der Waals surface area (Å²) in [5.41, 5.74) is 1.48. The number of hydrogen-bond donors (Lipinski definition) is 1. The minimum Gasteiger partial charge on any atom is -0.317 e. The first-order valence-electron chi connectivity index (χ1n) is 6.61. The molecule has 0 heterocycles. The molecule has 1 aromatic rings. The molecule has 1 fully saturated rings. The van der Waals surface area contributed by atoms with Crippen LogP contribution in [0.4, 0.5) is 0 Å². The molecule has 0 aliphatic heterocycles. The second kappa shape index (κ2) is 6.05. The Balaban J connectivity index is 1.70. The molecule has 0 aromatic heterocycles. The molecule has 0 bridgehead atoms. The zero-order valence-corrected chi connectivity index (χ0v) is 10.3. The molecule has 1 unspecified atom stereocenters. The first-order valence-corrected chi connectivity index (χ1v) is 6.61. The standard InChI is InChI=1S/C15H23N/c1-16-15(14-10-6-11-14)12-5-9-13-7-3-2-4-8-13/h2-4,7-8,14-16H,5-6,9-12H2,1H3. The predicted molar refractivity (Wildman–Crippen MR) is 69.6 cm³/mol. The second-order valence-corrected chi connectivity index (χ2v) is 4.96. The third kappa shape index (κ3) is 3.08. The van der Waals surface area contributed by atoms with E-state index in [0.717, 1.165) is 12.0 Å². The van der Waals surface area contributed by atoms with Gasteiger partial charge in [0.15, 0.2) is 0 Å². The summed E-state index contributed by atoms with van der Waals surface area (Å²) >= 11 is 0. The smallest absolute Gasteiger partial charge is 0.00924 e. The Morgan fingerprint density at radius 1 is 1.25 bits per heavy atom. The maximum atomic E-state index is 3.49. The molecule has 0 amide bonds. The lowest BCUT2D eigenvalue weighted by molar-refractivity contribution is 0.225. The lowest BCUT2D eigenvalue weighted by Crippen LogP contribution is -2.37. The van der Waals surface area contributed by atoms with Gasteiger partial charge in [-0.2, -0.15) is 0 Å². The van der Waals surface area contributed by atoms with Crippen molar-refractivity contribution < 1.29 is 0 Å². The van der Waals surface area contributed by atoms with Gasteiger partial charge >= 0.3 is 0 Å². The van der Waals surface area contributed by atoms with Gasteiger partial charge in [-0.05, 0) is 50.6 Å². The topological polar surface area (TPSA) is 12.0 Å². The van der Waals surface area contributed by atoms with Crippen LogP contribution in [0.3, 0.4) is 0 Å². The average Bonchev–Trinajstić information content (AvgIpc) is 2.26. The normalized spacial score (nSPS) is 18.1. The van der Waals surface area contributed by atoms with Gasteiger partial charge < -0.3 is 5.32 Å². The number of aryl methyl sites for hydroxylation is 1. The van der Waals surface area contributed by atoms with Crippen molar-refractivity contribution >= 4 is 0 Å². The van der Waals surface area contributed by atoms with Crippen molar-refractivity contribution in [1.82, 2.24) is 5.32 Å². The van der Waals surface area contributed by atoms with Gasteiger partial charge in [-0.15, -0.1) is 0 Å². The van der Waals surface area contributed by atoms with Gasteiger partial charge in [0.1, 0.15) is 0 Å². The van der Waals surface area contributed by atoms with Crippen molar-refractivity contribution in [1.29, 1.82) is 0 Å².